The summed E-state index contributed by atoms with van der Waals surface area (Å²) in [6.07, 6.45) is 4.54. The lowest BCUT2D eigenvalue weighted by atomic mass is 10.5. The normalized spacial score (nSPS) is 11.6. The molecule has 0 spiro atoms. The maximum Gasteiger partial charge on any atom is 0.112 e. The van der Waals surface area contributed by atoms with Crippen LogP contribution in [-0.2, 0) is 4.74 Å². The van der Waals surface area contributed by atoms with Gasteiger partial charge in [0, 0.05) is 0 Å². The minimum Gasteiger partial charge on any atom is -0.498 e. The molecule has 0 rings (SSSR count). The largest absolute Gasteiger partial charge is 0.498 e. The number of rotatable bonds is 4. The molecule has 2 nitrogen and oxygen atoms in total. The fourth-order valence-electron chi connectivity index (χ4n) is 0.307. The lowest BCUT2D eigenvalue weighted by Crippen LogP contribution is -1.93. The molecule has 0 saturated heterocycles. The van der Waals surface area contributed by atoms with Crippen molar-refractivity contribution in [1.29, 1.82) is 0 Å². The maximum absolute atomic E-state index is 5.41. The van der Waals surface area contributed by atoms with Crippen LogP contribution in [0.5, 0.6) is 0 Å². The summed E-state index contributed by atoms with van der Waals surface area (Å²) in [5.41, 5.74) is 5.41. The van der Waals surface area contributed by atoms with Gasteiger partial charge in [-0.15, -0.1) is 11.8 Å². The first-order valence-corrected chi connectivity index (χ1v) is 4.15. The van der Waals surface area contributed by atoms with E-state index in [2.05, 4.69) is 6.92 Å². The Morgan fingerprint density at radius 1 is 1.78 bits per heavy atom. The number of nitrogens with two attached hydrogens (primary N) is 1. The molecule has 0 aliphatic heterocycles. The zero-order chi connectivity index (χ0) is 7.11. The predicted octanol–water partition coefficient (Wildman–Crippen LogP) is 1.53. The highest BCUT2D eigenvalue weighted by Gasteiger charge is 1.82. The van der Waals surface area contributed by atoms with Crippen LogP contribution >= 0.6 is 11.8 Å². The summed E-state index contributed by atoms with van der Waals surface area (Å²) < 4.78 is 5.03. The van der Waals surface area contributed by atoms with Crippen LogP contribution in [0.25, 0.3) is 0 Å². The molecule has 0 radical (unpaired) electrons. The molecule has 54 valence electrons. The van der Waals surface area contributed by atoms with Crippen LogP contribution in [0.1, 0.15) is 13.3 Å². The van der Waals surface area contributed by atoms with E-state index in [1.807, 2.05) is 6.26 Å². The van der Waals surface area contributed by atoms with E-state index < -0.39 is 0 Å². The topological polar surface area (TPSA) is 35.2 Å². The summed E-state index contributed by atoms with van der Waals surface area (Å²) in [5, 5.41) is 0.725. The fourth-order valence-corrected chi connectivity index (χ4v) is 0.471. The van der Waals surface area contributed by atoms with Gasteiger partial charge in [-0.2, -0.15) is 0 Å². The van der Waals surface area contributed by atoms with E-state index in [0.717, 1.165) is 18.1 Å². The summed E-state index contributed by atoms with van der Waals surface area (Å²) in [6, 6.07) is 0. The van der Waals surface area contributed by atoms with E-state index in [9.17, 15) is 0 Å². The molecule has 3 heteroatoms. The molecular formula is C6H13NOS. The van der Waals surface area contributed by atoms with Crippen molar-refractivity contribution in [3.05, 3.63) is 11.3 Å². The highest BCUT2D eigenvalue weighted by Crippen LogP contribution is 2.02. The molecule has 0 bridgehead atoms. The first kappa shape index (κ1) is 8.69. The minimum absolute atomic E-state index is 0.725. The van der Waals surface area contributed by atoms with Gasteiger partial charge >= 0.3 is 0 Å². The highest BCUT2D eigenvalue weighted by molar-refractivity contribution is 8.02. The molecule has 0 atom stereocenters. The van der Waals surface area contributed by atoms with Crippen LogP contribution in [0.2, 0.25) is 0 Å². The summed E-state index contributed by atoms with van der Waals surface area (Å²) in [4.78, 5) is 0. The Hall–Kier alpha value is -0.310. The van der Waals surface area contributed by atoms with Gasteiger partial charge in [0.05, 0.1) is 6.61 Å². The Morgan fingerprint density at radius 2 is 2.44 bits per heavy atom. The lowest BCUT2D eigenvalue weighted by molar-refractivity contribution is 0.248. The van der Waals surface area contributed by atoms with Gasteiger partial charge in [-0.25, -0.2) is 0 Å². The van der Waals surface area contributed by atoms with E-state index in [4.69, 9.17) is 10.5 Å². The summed E-state index contributed by atoms with van der Waals surface area (Å²) >= 11 is 1.49. The number of hydrogen-bond acceptors (Lipinski definition) is 3. The second kappa shape index (κ2) is 5.82. The standard InChI is InChI=1S/C6H13NOS/c1-3-4-8-5-6(7)9-2/h5H,3-4,7H2,1-2H3/b6-5+. The second-order valence-corrected chi connectivity index (χ2v) is 2.47. The third-order valence-electron chi connectivity index (χ3n) is 0.757. The first-order chi connectivity index (χ1) is 4.31. The Morgan fingerprint density at radius 3 is 2.89 bits per heavy atom. The summed E-state index contributed by atoms with van der Waals surface area (Å²) in [6.45, 7) is 2.81. The van der Waals surface area contributed by atoms with Crippen molar-refractivity contribution >= 4 is 11.8 Å². The Kier molecular flexibility index (Phi) is 5.62. The smallest absolute Gasteiger partial charge is 0.112 e. The molecule has 0 aliphatic carbocycles. The van der Waals surface area contributed by atoms with Crippen molar-refractivity contribution in [3.63, 3.8) is 0 Å². The molecule has 9 heavy (non-hydrogen) atoms. The lowest BCUT2D eigenvalue weighted by Gasteiger charge is -1.97. The number of ether oxygens (including phenoxy) is 1. The van der Waals surface area contributed by atoms with Crippen LogP contribution in [0.3, 0.4) is 0 Å². The predicted molar refractivity (Wildman–Crippen MR) is 42.0 cm³/mol. The molecule has 0 unspecified atom stereocenters. The van der Waals surface area contributed by atoms with Gasteiger partial charge in [-0.1, -0.05) is 6.92 Å². The van der Waals surface area contributed by atoms with Crippen molar-refractivity contribution in [1.82, 2.24) is 0 Å². The molecule has 0 aromatic carbocycles. The van der Waals surface area contributed by atoms with E-state index in [-0.39, 0.29) is 0 Å². The van der Waals surface area contributed by atoms with Gasteiger partial charge in [0.2, 0.25) is 0 Å². The van der Waals surface area contributed by atoms with Crippen LogP contribution in [0.15, 0.2) is 11.3 Å². The van der Waals surface area contributed by atoms with Gasteiger partial charge in [0.25, 0.3) is 0 Å². The third kappa shape index (κ3) is 5.56. The molecule has 0 aromatic heterocycles. The van der Waals surface area contributed by atoms with Crippen LogP contribution in [0.4, 0.5) is 0 Å². The molecule has 2 N–H and O–H groups in total. The van der Waals surface area contributed by atoms with Gasteiger partial charge in [-0.3, -0.25) is 0 Å². The van der Waals surface area contributed by atoms with Crippen LogP contribution in [0, 0.1) is 0 Å². The zero-order valence-electron chi connectivity index (χ0n) is 5.89. The average molecular weight is 147 g/mol. The first-order valence-electron chi connectivity index (χ1n) is 2.92. The maximum atomic E-state index is 5.41. The van der Waals surface area contributed by atoms with E-state index in [0.29, 0.717) is 0 Å². The van der Waals surface area contributed by atoms with Crippen molar-refractivity contribution in [2.75, 3.05) is 12.9 Å². The summed E-state index contributed by atoms with van der Waals surface area (Å²) in [7, 11) is 0. The van der Waals surface area contributed by atoms with Crippen molar-refractivity contribution in [3.8, 4) is 0 Å². The van der Waals surface area contributed by atoms with Crippen molar-refractivity contribution in [2.45, 2.75) is 13.3 Å². The fraction of sp³-hybridized carbons (Fsp3) is 0.667. The minimum atomic E-state index is 0.725. The number of thioether (sulfide) groups is 1. The SMILES string of the molecule is CCCO/C=C(\N)SC. The zero-order valence-corrected chi connectivity index (χ0v) is 6.70. The average Bonchev–Trinajstić information content (AvgIpc) is 1.89. The molecule has 0 heterocycles. The summed E-state index contributed by atoms with van der Waals surface area (Å²) in [5.74, 6) is 0. The molecular weight excluding hydrogens is 134 g/mol. The molecule has 0 saturated carbocycles. The second-order valence-electron chi connectivity index (χ2n) is 1.60. The Bertz CT molecular complexity index is 93.1. The molecule has 0 aliphatic rings. The molecule has 0 fully saturated rings. The quantitative estimate of drug-likeness (QED) is 0.484. The van der Waals surface area contributed by atoms with Crippen molar-refractivity contribution in [2.24, 2.45) is 5.73 Å². The van der Waals surface area contributed by atoms with E-state index in [1.165, 1.54) is 11.8 Å². The highest BCUT2D eigenvalue weighted by atomic mass is 32.2. The van der Waals surface area contributed by atoms with E-state index >= 15 is 0 Å². The Balaban J connectivity index is 3.21. The monoisotopic (exact) mass is 147 g/mol. The number of hydrogen-bond donors (Lipinski definition) is 1. The van der Waals surface area contributed by atoms with Gasteiger partial charge < -0.3 is 10.5 Å². The van der Waals surface area contributed by atoms with E-state index in [1.54, 1.807) is 6.26 Å². The van der Waals surface area contributed by atoms with Gasteiger partial charge in [0.15, 0.2) is 0 Å². The van der Waals surface area contributed by atoms with Crippen molar-refractivity contribution < 1.29 is 4.74 Å². The Labute approximate surface area is 60.5 Å². The van der Waals surface area contributed by atoms with Crippen LogP contribution < -0.4 is 5.73 Å². The third-order valence-corrected chi connectivity index (χ3v) is 1.32. The van der Waals surface area contributed by atoms with Gasteiger partial charge in [0.1, 0.15) is 11.3 Å². The van der Waals surface area contributed by atoms with Crippen LogP contribution in [-0.4, -0.2) is 12.9 Å². The van der Waals surface area contributed by atoms with Gasteiger partial charge in [-0.05, 0) is 12.7 Å². The molecule has 0 aromatic rings. The molecule has 0 amide bonds.